The summed E-state index contributed by atoms with van der Waals surface area (Å²) < 4.78 is 13.9. The number of hydrogen-bond donors (Lipinski definition) is 5. The molecule has 0 radical (unpaired) electrons. The number of nitrogens with one attached hydrogen (secondary N) is 5. The van der Waals surface area contributed by atoms with Gasteiger partial charge in [-0.25, -0.2) is 9.37 Å². The number of anilines is 2. The minimum Gasteiger partial charge on any atom is -0.383 e. The number of imidazole rings is 1. The molecule has 0 amide bonds. The first-order chi connectivity index (χ1) is 18.9. The van der Waals surface area contributed by atoms with Crippen LogP contribution in [0.5, 0.6) is 0 Å². The number of H-pyrrole nitrogens is 1. The molecule has 1 atom stereocenters. The maximum Gasteiger partial charge on any atom is 0.148 e. The van der Waals surface area contributed by atoms with E-state index in [0.717, 1.165) is 41.0 Å². The van der Waals surface area contributed by atoms with E-state index < -0.39 is 5.44 Å². The van der Waals surface area contributed by atoms with Crippen molar-refractivity contribution in [3.8, 4) is 6.07 Å². The lowest BCUT2D eigenvalue weighted by Crippen LogP contribution is -2.45. The van der Waals surface area contributed by atoms with E-state index in [1.807, 2.05) is 26.2 Å². The highest BCUT2D eigenvalue weighted by Crippen LogP contribution is 2.38. The van der Waals surface area contributed by atoms with Crippen LogP contribution in [-0.4, -0.2) is 40.4 Å². The Labute approximate surface area is 230 Å². The first-order valence-electron chi connectivity index (χ1n) is 12.8. The number of hydrazine groups is 2. The Bertz CT molecular complexity index is 1580. The molecule has 1 aliphatic carbocycles. The second kappa shape index (κ2) is 10.1. The second-order valence-electron chi connectivity index (χ2n) is 9.90. The van der Waals surface area contributed by atoms with E-state index >= 15 is 0 Å². The first kappa shape index (κ1) is 25.0. The van der Waals surface area contributed by atoms with Gasteiger partial charge in [-0.05, 0) is 42.7 Å². The fraction of sp³-hybridized carbons (Fsp3) is 0.222. The van der Waals surface area contributed by atoms with Crippen LogP contribution in [0.1, 0.15) is 29.8 Å². The van der Waals surface area contributed by atoms with Crippen molar-refractivity contribution in [3.63, 3.8) is 0 Å². The van der Waals surface area contributed by atoms with E-state index in [4.69, 9.17) is 11.6 Å². The van der Waals surface area contributed by atoms with Crippen LogP contribution in [0.15, 0.2) is 66.9 Å². The van der Waals surface area contributed by atoms with Crippen molar-refractivity contribution in [2.24, 2.45) is 0 Å². The van der Waals surface area contributed by atoms with E-state index in [1.54, 1.807) is 24.5 Å². The first-order valence-corrected chi connectivity index (χ1v) is 13.1. The Morgan fingerprint density at radius 1 is 1.23 bits per heavy atom. The summed E-state index contributed by atoms with van der Waals surface area (Å²) in [5.74, 6) is 0.544. The Morgan fingerprint density at radius 2 is 2.05 bits per heavy atom. The molecule has 196 valence electrons. The van der Waals surface area contributed by atoms with Gasteiger partial charge in [0.25, 0.3) is 0 Å². The topological polar surface area (TPSA) is 117 Å². The van der Waals surface area contributed by atoms with Gasteiger partial charge >= 0.3 is 0 Å². The number of pyridine rings is 1. The Kier molecular flexibility index (Phi) is 6.50. The summed E-state index contributed by atoms with van der Waals surface area (Å²) in [6.07, 6.45) is 9.98. The van der Waals surface area contributed by atoms with Crippen molar-refractivity contribution < 1.29 is 4.39 Å². The highest BCUT2D eigenvalue weighted by atomic mass is 35.5. The number of benzene rings is 2. The number of hydrogen-bond acceptors (Lipinski definition) is 8. The molecule has 1 unspecified atom stereocenters. The average Bonchev–Trinajstić information content (AvgIpc) is 3.41. The van der Waals surface area contributed by atoms with Crippen molar-refractivity contribution in [1.29, 1.82) is 5.26 Å². The zero-order valence-electron chi connectivity index (χ0n) is 21.2. The largest absolute Gasteiger partial charge is 0.383 e. The van der Waals surface area contributed by atoms with Crippen LogP contribution in [0.3, 0.4) is 0 Å². The zero-order chi connectivity index (χ0) is 27.0. The fourth-order valence-electron chi connectivity index (χ4n) is 4.85. The number of rotatable bonds is 9. The van der Waals surface area contributed by atoms with E-state index in [9.17, 15) is 9.65 Å². The minimum absolute atomic E-state index is 0.304. The number of nitriles is 1. The highest BCUT2D eigenvalue weighted by Gasteiger charge is 2.38. The summed E-state index contributed by atoms with van der Waals surface area (Å²) in [5, 5.41) is 20.1. The molecule has 0 bridgehead atoms. The van der Waals surface area contributed by atoms with Crippen LogP contribution in [0.2, 0.25) is 5.02 Å². The lowest BCUT2D eigenvalue weighted by molar-refractivity contribution is 0.260. The molecule has 3 heterocycles. The molecule has 0 spiro atoms. The molecule has 12 heteroatoms. The zero-order valence-corrected chi connectivity index (χ0v) is 22.0. The predicted molar refractivity (Wildman–Crippen MR) is 152 cm³/mol. The normalized spacial score (nSPS) is 16.3. The van der Waals surface area contributed by atoms with Crippen molar-refractivity contribution in [3.05, 3.63) is 94.7 Å². The molecule has 1 fully saturated rings. The maximum absolute atomic E-state index is 13.9. The summed E-state index contributed by atoms with van der Waals surface area (Å²) >= 11 is 6.74. The van der Waals surface area contributed by atoms with Crippen molar-refractivity contribution in [2.75, 3.05) is 17.2 Å². The minimum atomic E-state index is -0.769. The maximum atomic E-state index is 13.9. The van der Waals surface area contributed by atoms with Crippen LogP contribution >= 0.6 is 11.6 Å². The van der Waals surface area contributed by atoms with E-state index in [2.05, 4.69) is 47.6 Å². The Balaban J connectivity index is 1.39. The molecule has 39 heavy (non-hydrogen) atoms. The van der Waals surface area contributed by atoms with Crippen molar-refractivity contribution in [2.45, 2.75) is 30.7 Å². The molecule has 2 aromatic heterocycles. The monoisotopic (exact) mass is 541 g/mol. The molecule has 6 rings (SSSR count). The Morgan fingerprint density at radius 3 is 2.77 bits per heavy atom. The summed E-state index contributed by atoms with van der Waals surface area (Å²) in [6, 6.07) is 12.9. The number of aromatic nitrogens is 3. The van der Waals surface area contributed by atoms with Gasteiger partial charge in [-0.3, -0.25) is 9.99 Å². The molecule has 9 nitrogen and oxygen atoms in total. The van der Waals surface area contributed by atoms with Gasteiger partial charge < -0.3 is 21.0 Å². The van der Waals surface area contributed by atoms with Gasteiger partial charge in [0.2, 0.25) is 0 Å². The van der Waals surface area contributed by atoms with Gasteiger partial charge in [0.05, 0.1) is 32.9 Å². The van der Waals surface area contributed by atoms with Gasteiger partial charge in [0.15, 0.2) is 0 Å². The quantitative estimate of drug-likeness (QED) is 0.205. The third-order valence-electron chi connectivity index (χ3n) is 7.15. The van der Waals surface area contributed by atoms with Gasteiger partial charge in [-0.2, -0.15) is 5.26 Å². The van der Waals surface area contributed by atoms with Gasteiger partial charge in [-0.15, -0.1) is 5.53 Å². The van der Waals surface area contributed by atoms with Crippen LogP contribution in [-0.2, 0) is 11.9 Å². The van der Waals surface area contributed by atoms with Crippen LogP contribution < -0.4 is 21.6 Å². The third kappa shape index (κ3) is 4.96. The lowest BCUT2D eigenvalue weighted by Gasteiger charge is -2.34. The summed E-state index contributed by atoms with van der Waals surface area (Å²) in [5.41, 5.74) is 9.87. The van der Waals surface area contributed by atoms with Crippen LogP contribution in [0, 0.1) is 17.1 Å². The summed E-state index contributed by atoms with van der Waals surface area (Å²) in [7, 11) is 2.03. The van der Waals surface area contributed by atoms with E-state index in [1.165, 1.54) is 18.3 Å². The molecule has 1 saturated carbocycles. The third-order valence-corrected chi connectivity index (χ3v) is 7.43. The van der Waals surface area contributed by atoms with Gasteiger partial charge in [-0.1, -0.05) is 23.7 Å². The van der Waals surface area contributed by atoms with Crippen molar-refractivity contribution in [1.82, 2.24) is 30.9 Å². The predicted octanol–water partition coefficient (Wildman–Crippen LogP) is 3.50. The van der Waals surface area contributed by atoms with Crippen LogP contribution in [0.25, 0.3) is 10.9 Å². The molecule has 2 aromatic carbocycles. The van der Waals surface area contributed by atoms with E-state index in [-0.39, 0.29) is 5.82 Å². The smallest absolute Gasteiger partial charge is 0.148 e. The molecule has 1 aliphatic heterocycles. The van der Waals surface area contributed by atoms with Crippen molar-refractivity contribution >= 4 is 41.7 Å². The fourth-order valence-corrected chi connectivity index (χ4v) is 5.11. The highest BCUT2D eigenvalue weighted by molar-refractivity contribution is 6.36. The van der Waals surface area contributed by atoms with Crippen LogP contribution in [0.4, 0.5) is 15.8 Å². The van der Waals surface area contributed by atoms with E-state index in [0.29, 0.717) is 40.8 Å². The SMILES string of the molecule is BC(Nc1cc(Cl)c2ncc(C#N)c(NCCc3ncc[nH]3)c2c1)(C1=CN(C2CC2)NN1)c1ccc(F)cc1. The van der Waals surface area contributed by atoms with Gasteiger partial charge in [0.1, 0.15) is 25.6 Å². The summed E-state index contributed by atoms with van der Waals surface area (Å²) in [6.45, 7) is 0.559. The average molecular weight is 542 g/mol. The standard InChI is InChI=1S/C27H26BClFN9/c28-27(17-1-3-18(30)4-2-17,23-15-39(38-37-23)20-5-6-20)36-19-11-21-25(34-8-7-24-32-9-10-33-24)16(13-31)14-35-26(21)22(29)12-19/h1-4,9-12,14-15,20,36-38H,5-8,28H2,(H,32,33)(H,34,35). The summed E-state index contributed by atoms with van der Waals surface area (Å²) in [4.78, 5) is 11.8. The molecule has 2 aliphatic rings. The number of halogens is 2. The molecule has 0 saturated heterocycles. The second-order valence-corrected chi connectivity index (χ2v) is 10.3. The number of nitrogens with zero attached hydrogens (tertiary/aromatic N) is 4. The molecular formula is C27H26BClFN9. The molecule has 5 N–H and O–H groups in total. The Hall–Kier alpha value is -4.27. The number of aromatic amines is 1. The molecular weight excluding hydrogens is 516 g/mol. The lowest BCUT2D eigenvalue weighted by atomic mass is 9.69. The number of fused-ring (bicyclic) bond motifs is 1. The van der Waals surface area contributed by atoms with Gasteiger partial charge in [0, 0.05) is 54.9 Å². The molecule has 4 aromatic rings.